The SMILES string of the molecule is O=C(CN1CCCC1)Nc1ccc(C(c2ccc(NC(=O)CN3CCCC3)cc2)c2cccc3ccccc23)cc1. The summed E-state index contributed by atoms with van der Waals surface area (Å²) in [5.41, 5.74) is 5.13. The lowest BCUT2D eigenvalue weighted by molar-refractivity contribution is -0.117. The molecule has 41 heavy (non-hydrogen) atoms. The zero-order chi connectivity index (χ0) is 28.0. The minimum atomic E-state index is -0.00944. The van der Waals surface area contributed by atoms with E-state index >= 15 is 0 Å². The fourth-order valence-electron chi connectivity index (χ4n) is 6.26. The molecule has 0 bridgehead atoms. The summed E-state index contributed by atoms with van der Waals surface area (Å²) < 4.78 is 0. The second kappa shape index (κ2) is 12.7. The molecule has 4 aromatic carbocycles. The lowest BCUT2D eigenvalue weighted by Gasteiger charge is -2.22. The summed E-state index contributed by atoms with van der Waals surface area (Å²) in [5, 5.41) is 8.56. The molecule has 2 aliphatic heterocycles. The van der Waals surface area contributed by atoms with E-state index in [0.717, 1.165) is 48.7 Å². The van der Waals surface area contributed by atoms with Gasteiger partial charge < -0.3 is 10.6 Å². The van der Waals surface area contributed by atoms with Crippen LogP contribution < -0.4 is 10.6 Å². The Labute approximate surface area is 242 Å². The first-order chi connectivity index (χ1) is 20.1. The monoisotopic (exact) mass is 546 g/mol. The van der Waals surface area contributed by atoms with Crippen molar-refractivity contribution in [3.05, 3.63) is 108 Å². The van der Waals surface area contributed by atoms with Gasteiger partial charge in [0.15, 0.2) is 0 Å². The fourth-order valence-corrected chi connectivity index (χ4v) is 6.26. The lowest BCUT2D eigenvalue weighted by atomic mass is 9.82. The van der Waals surface area contributed by atoms with E-state index in [0.29, 0.717) is 13.1 Å². The van der Waals surface area contributed by atoms with Crippen LogP contribution >= 0.6 is 0 Å². The summed E-state index contributed by atoms with van der Waals surface area (Å²) in [7, 11) is 0. The van der Waals surface area contributed by atoms with Crippen molar-refractivity contribution in [1.82, 2.24) is 9.80 Å². The van der Waals surface area contributed by atoms with Gasteiger partial charge >= 0.3 is 0 Å². The molecule has 0 aliphatic carbocycles. The number of rotatable bonds is 9. The Hall–Kier alpha value is -4.00. The third-order valence-corrected chi connectivity index (χ3v) is 8.32. The van der Waals surface area contributed by atoms with Crippen molar-refractivity contribution in [2.24, 2.45) is 0 Å². The Morgan fingerprint density at radius 2 is 1.05 bits per heavy atom. The van der Waals surface area contributed by atoms with Crippen LogP contribution in [0.15, 0.2) is 91.0 Å². The van der Waals surface area contributed by atoms with E-state index in [-0.39, 0.29) is 17.7 Å². The van der Waals surface area contributed by atoms with E-state index < -0.39 is 0 Å². The highest BCUT2D eigenvalue weighted by atomic mass is 16.2. The van der Waals surface area contributed by atoms with Crippen molar-refractivity contribution in [1.29, 1.82) is 0 Å². The molecule has 0 atom stereocenters. The Bertz CT molecular complexity index is 1410. The van der Waals surface area contributed by atoms with E-state index in [9.17, 15) is 9.59 Å². The number of hydrogen-bond donors (Lipinski definition) is 2. The van der Waals surface area contributed by atoms with Crippen molar-refractivity contribution < 1.29 is 9.59 Å². The normalized spacial score (nSPS) is 15.9. The Balaban J connectivity index is 1.25. The zero-order valence-electron chi connectivity index (χ0n) is 23.5. The van der Waals surface area contributed by atoms with Crippen LogP contribution in [0.2, 0.25) is 0 Å². The summed E-state index contributed by atoms with van der Waals surface area (Å²) in [6, 6.07) is 31.4. The van der Waals surface area contributed by atoms with Crippen molar-refractivity contribution in [2.75, 3.05) is 49.9 Å². The average molecular weight is 547 g/mol. The maximum atomic E-state index is 12.6. The Kier molecular flexibility index (Phi) is 8.40. The number of benzene rings is 4. The summed E-state index contributed by atoms with van der Waals surface area (Å²) in [6.07, 6.45) is 4.68. The number of anilines is 2. The zero-order valence-corrected chi connectivity index (χ0v) is 23.5. The molecular formula is C35H38N4O2. The quantitative estimate of drug-likeness (QED) is 0.250. The highest BCUT2D eigenvalue weighted by Crippen LogP contribution is 2.37. The molecule has 0 spiro atoms. The number of fused-ring (bicyclic) bond motifs is 1. The van der Waals surface area contributed by atoms with Crippen molar-refractivity contribution in [3.63, 3.8) is 0 Å². The maximum absolute atomic E-state index is 12.6. The predicted molar refractivity (Wildman–Crippen MR) is 166 cm³/mol. The van der Waals surface area contributed by atoms with Crippen molar-refractivity contribution in [3.8, 4) is 0 Å². The molecule has 0 aromatic heterocycles. The van der Waals surface area contributed by atoms with Gasteiger partial charge in [-0.25, -0.2) is 0 Å². The first-order valence-corrected chi connectivity index (χ1v) is 14.8. The molecule has 6 rings (SSSR count). The van der Waals surface area contributed by atoms with Crippen LogP contribution in [-0.2, 0) is 9.59 Å². The lowest BCUT2D eigenvalue weighted by Crippen LogP contribution is -2.30. The van der Waals surface area contributed by atoms with Crippen LogP contribution in [0.25, 0.3) is 10.8 Å². The summed E-state index contributed by atoms with van der Waals surface area (Å²) in [4.78, 5) is 29.6. The molecule has 2 amide bonds. The second-order valence-corrected chi connectivity index (χ2v) is 11.3. The third-order valence-electron chi connectivity index (χ3n) is 8.32. The number of carbonyl (C=O) groups excluding carboxylic acids is 2. The number of hydrogen-bond acceptors (Lipinski definition) is 4. The average Bonchev–Trinajstić information content (AvgIpc) is 3.70. The van der Waals surface area contributed by atoms with Gasteiger partial charge in [-0.05, 0) is 104 Å². The number of nitrogens with one attached hydrogen (secondary N) is 2. The van der Waals surface area contributed by atoms with Crippen LogP contribution in [0.1, 0.15) is 48.3 Å². The Morgan fingerprint density at radius 1 is 0.585 bits per heavy atom. The van der Waals surface area contributed by atoms with Gasteiger partial charge in [0.1, 0.15) is 0 Å². The van der Waals surface area contributed by atoms with Gasteiger partial charge in [0, 0.05) is 17.3 Å². The topological polar surface area (TPSA) is 64.7 Å². The van der Waals surface area contributed by atoms with E-state index in [2.05, 4.69) is 87.2 Å². The molecule has 2 aliphatic rings. The van der Waals surface area contributed by atoms with Gasteiger partial charge in [-0.15, -0.1) is 0 Å². The minimum Gasteiger partial charge on any atom is -0.325 e. The predicted octanol–water partition coefficient (Wildman–Crippen LogP) is 6.09. The summed E-state index contributed by atoms with van der Waals surface area (Å²) in [6.45, 7) is 4.89. The van der Waals surface area contributed by atoms with Gasteiger partial charge in [-0.1, -0.05) is 66.7 Å². The number of nitrogens with zero attached hydrogens (tertiary/aromatic N) is 2. The molecule has 0 unspecified atom stereocenters. The van der Waals surface area contributed by atoms with Gasteiger partial charge in [-0.2, -0.15) is 0 Å². The minimum absolute atomic E-state index is 0.00944. The van der Waals surface area contributed by atoms with E-state index in [1.54, 1.807) is 0 Å². The maximum Gasteiger partial charge on any atom is 0.238 e. The molecule has 2 fully saturated rings. The van der Waals surface area contributed by atoms with Crippen LogP contribution in [0.5, 0.6) is 0 Å². The van der Waals surface area contributed by atoms with Gasteiger partial charge in [0.25, 0.3) is 0 Å². The molecule has 0 saturated carbocycles. The molecule has 2 saturated heterocycles. The van der Waals surface area contributed by atoms with Gasteiger partial charge in [0.2, 0.25) is 11.8 Å². The Morgan fingerprint density at radius 3 is 1.56 bits per heavy atom. The molecule has 2 N–H and O–H groups in total. The smallest absolute Gasteiger partial charge is 0.238 e. The molecular weight excluding hydrogens is 508 g/mol. The molecule has 0 radical (unpaired) electrons. The van der Waals surface area contributed by atoms with Crippen LogP contribution in [0.4, 0.5) is 11.4 Å². The second-order valence-electron chi connectivity index (χ2n) is 11.3. The van der Waals surface area contributed by atoms with Crippen molar-refractivity contribution >= 4 is 34.0 Å². The number of amides is 2. The standard InChI is InChI=1S/C35H38N4O2/c40-33(24-38-20-3-4-21-38)36-29-16-12-27(13-17-29)35(32-11-7-9-26-8-1-2-10-31(26)32)28-14-18-30(19-15-28)37-34(41)25-39-22-5-6-23-39/h1-2,7-19,35H,3-6,20-25H2,(H,36,40)(H,37,41). The van der Waals surface area contributed by atoms with Gasteiger partial charge in [-0.3, -0.25) is 19.4 Å². The first kappa shape index (κ1) is 27.2. The largest absolute Gasteiger partial charge is 0.325 e. The summed E-state index contributed by atoms with van der Waals surface area (Å²) in [5.74, 6) is 0.0602. The highest BCUT2D eigenvalue weighted by molar-refractivity contribution is 5.93. The van der Waals surface area contributed by atoms with Crippen molar-refractivity contribution in [2.45, 2.75) is 31.6 Å². The number of carbonyl (C=O) groups is 2. The fraction of sp³-hybridized carbons (Fsp3) is 0.314. The van der Waals surface area contributed by atoms with Crippen LogP contribution in [-0.4, -0.2) is 60.9 Å². The van der Waals surface area contributed by atoms with E-state index in [1.807, 2.05) is 24.3 Å². The molecule has 2 heterocycles. The molecule has 210 valence electrons. The van der Waals surface area contributed by atoms with E-state index in [4.69, 9.17) is 0 Å². The van der Waals surface area contributed by atoms with Gasteiger partial charge in [0.05, 0.1) is 13.1 Å². The van der Waals surface area contributed by atoms with E-state index in [1.165, 1.54) is 42.0 Å². The molecule has 6 nitrogen and oxygen atoms in total. The molecule has 6 heteroatoms. The summed E-state index contributed by atoms with van der Waals surface area (Å²) >= 11 is 0. The highest BCUT2D eigenvalue weighted by Gasteiger charge is 2.21. The molecule has 4 aromatic rings. The number of likely N-dealkylation sites (tertiary alicyclic amines) is 2. The third kappa shape index (κ3) is 6.67. The van der Waals surface area contributed by atoms with Crippen LogP contribution in [0, 0.1) is 0 Å². The van der Waals surface area contributed by atoms with Crippen LogP contribution in [0.3, 0.4) is 0 Å². The first-order valence-electron chi connectivity index (χ1n) is 14.8.